The zero-order valence-corrected chi connectivity index (χ0v) is 13.8. The standard InChI is InChI=1S/C17H12Cl2N4/c1-22-10-13(8-21-22)11-2-3-23-16(9-20-17(23)6-11)12-4-14(18)7-15(19)5-12/h2-10H,1H3. The molecule has 1 aromatic carbocycles. The zero-order chi connectivity index (χ0) is 16.0. The van der Waals surface area contributed by atoms with Crippen molar-refractivity contribution in [1.29, 1.82) is 0 Å². The fourth-order valence-corrected chi connectivity index (χ4v) is 3.17. The SMILES string of the molecule is Cn1cc(-c2ccn3c(-c4cc(Cl)cc(Cl)c4)cnc3c2)cn1. The number of halogens is 2. The van der Waals surface area contributed by atoms with E-state index in [4.69, 9.17) is 23.2 Å². The first-order valence-electron chi connectivity index (χ1n) is 7.03. The van der Waals surface area contributed by atoms with Gasteiger partial charge >= 0.3 is 0 Å². The van der Waals surface area contributed by atoms with E-state index in [0.29, 0.717) is 10.0 Å². The third kappa shape index (κ3) is 2.60. The van der Waals surface area contributed by atoms with Crippen molar-refractivity contribution in [3.63, 3.8) is 0 Å². The Morgan fingerprint density at radius 1 is 0.913 bits per heavy atom. The summed E-state index contributed by atoms with van der Waals surface area (Å²) in [5, 5.41) is 5.42. The smallest absolute Gasteiger partial charge is 0.137 e. The number of pyridine rings is 1. The Kier molecular flexibility index (Phi) is 3.36. The van der Waals surface area contributed by atoms with Gasteiger partial charge in [-0.05, 0) is 35.9 Å². The molecule has 0 aliphatic carbocycles. The highest BCUT2D eigenvalue weighted by Gasteiger charge is 2.09. The van der Waals surface area contributed by atoms with E-state index in [-0.39, 0.29) is 0 Å². The molecule has 0 atom stereocenters. The van der Waals surface area contributed by atoms with Crippen LogP contribution in [0.3, 0.4) is 0 Å². The number of hydrogen-bond donors (Lipinski definition) is 0. The summed E-state index contributed by atoms with van der Waals surface area (Å²) in [6.45, 7) is 0. The van der Waals surface area contributed by atoms with Crippen LogP contribution < -0.4 is 0 Å². The van der Waals surface area contributed by atoms with E-state index in [0.717, 1.165) is 28.0 Å². The average Bonchev–Trinajstić information content (AvgIpc) is 3.11. The second kappa shape index (κ2) is 5.41. The van der Waals surface area contributed by atoms with Crippen LogP contribution in [0, 0.1) is 0 Å². The number of nitrogens with zero attached hydrogens (tertiary/aromatic N) is 4. The van der Waals surface area contributed by atoms with Gasteiger partial charge in [-0.15, -0.1) is 0 Å². The van der Waals surface area contributed by atoms with Gasteiger partial charge in [-0.3, -0.25) is 9.08 Å². The molecule has 0 aliphatic rings. The first-order valence-corrected chi connectivity index (χ1v) is 7.78. The summed E-state index contributed by atoms with van der Waals surface area (Å²) in [7, 11) is 1.90. The molecule has 4 rings (SSSR count). The zero-order valence-electron chi connectivity index (χ0n) is 12.2. The molecule has 4 aromatic rings. The summed E-state index contributed by atoms with van der Waals surface area (Å²) in [6, 6.07) is 9.56. The second-order valence-electron chi connectivity index (χ2n) is 5.35. The topological polar surface area (TPSA) is 35.1 Å². The molecule has 0 amide bonds. The molecule has 23 heavy (non-hydrogen) atoms. The van der Waals surface area contributed by atoms with Crippen molar-refractivity contribution in [2.75, 3.05) is 0 Å². The molecule has 0 radical (unpaired) electrons. The van der Waals surface area contributed by atoms with Crippen LogP contribution in [0.1, 0.15) is 0 Å². The first-order chi connectivity index (χ1) is 11.1. The van der Waals surface area contributed by atoms with Crippen molar-refractivity contribution in [3.8, 4) is 22.4 Å². The van der Waals surface area contributed by atoms with Gasteiger partial charge in [0.2, 0.25) is 0 Å². The number of benzene rings is 1. The number of aromatic nitrogens is 4. The highest BCUT2D eigenvalue weighted by molar-refractivity contribution is 6.35. The van der Waals surface area contributed by atoms with Crippen molar-refractivity contribution in [2.45, 2.75) is 0 Å². The third-order valence-corrected chi connectivity index (χ3v) is 4.15. The summed E-state index contributed by atoms with van der Waals surface area (Å²) < 4.78 is 3.80. The van der Waals surface area contributed by atoms with E-state index in [9.17, 15) is 0 Å². The molecular weight excluding hydrogens is 331 g/mol. The lowest BCUT2D eigenvalue weighted by atomic mass is 10.1. The van der Waals surface area contributed by atoms with E-state index in [1.54, 1.807) is 10.7 Å². The maximum absolute atomic E-state index is 6.10. The number of imidazole rings is 1. The van der Waals surface area contributed by atoms with E-state index in [1.165, 1.54) is 0 Å². The Morgan fingerprint density at radius 2 is 1.70 bits per heavy atom. The lowest BCUT2D eigenvalue weighted by molar-refractivity contribution is 0.768. The molecule has 0 spiro atoms. The van der Waals surface area contributed by atoms with Gasteiger partial charge in [0, 0.05) is 40.6 Å². The van der Waals surface area contributed by atoms with Crippen LogP contribution in [0.4, 0.5) is 0 Å². The molecule has 0 unspecified atom stereocenters. The number of rotatable bonds is 2. The summed E-state index contributed by atoms with van der Waals surface area (Å²) in [6.07, 6.45) is 7.64. The summed E-state index contributed by atoms with van der Waals surface area (Å²) in [4.78, 5) is 4.50. The number of aryl methyl sites for hydroxylation is 1. The van der Waals surface area contributed by atoms with Gasteiger partial charge in [-0.1, -0.05) is 23.2 Å². The maximum Gasteiger partial charge on any atom is 0.137 e. The van der Waals surface area contributed by atoms with Crippen molar-refractivity contribution >= 4 is 28.8 Å². The second-order valence-corrected chi connectivity index (χ2v) is 6.22. The van der Waals surface area contributed by atoms with Gasteiger partial charge in [0.15, 0.2) is 0 Å². The molecule has 0 N–H and O–H groups in total. The molecule has 0 aliphatic heterocycles. The van der Waals surface area contributed by atoms with Gasteiger partial charge in [-0.25, -0.2) is 4.98 Å². The third-order valence-electron chi connectivity index (χ3n) is 3.71. The van der Waals surface area contributed by atoms with E-state index >= 15 is 0 Å². The summed E-state index contributed by atoms with van der Waals surface area (Å²) in [5.74, 6) is 0. The first kappa shape index (κ1) is 14.3. The molecule has 3 heterocycles. The number of fused-ring (bicyclic) bond motifs is 1. The molecule has 3 aromatic heterocycles. The van der Waals surface area contributed by atoms with Gasteiger partial charge < -0.3 is 0 Å². The Bertz CT molecular complexity index is 996. The van der Waals surface area contributed by atoms with Crippen LogP contribution in [-0.4, -0.2) is 19.2 Å². The van der Waals surface area contributed by atoms with Crippen LogP contribution in [0.15, 0.2) is 55.1 Å². The van der Waals surface area contributed by atoms with Gasteiger partial charge in [0.1, 0.15) is 5.65 Å². The lowest BCUT2D eigenvalue weighted by Gasteiger charge is -2.05. The molecular formula is C17H12Cl2N4. The predicted molar refractivity (Wildman–Crippen MR) is 92.9 cm³/mol. The van der Waals surface area contributed by atoms with E-state index < -0.39 is 0 Å². The Hall–Kier alpha value is -2.30. The molecule has 6 heteroatoms. The maximum atomic E-state index is 6.10. The fourth-order valence-electron chi connectivity index (χ4n) is 2.65. The Labute approximate surface area is 142 Å². The van der Waals surface area contributed by atoms with Crippen molar-refractivity contribution in [2.24, 2.45) is 7.05 Å². The Morgan fingerprint density at radius 3 is 2.39 bits per heavy atom. The summed E-state index contributed by atoms with van der Waals surface area (Å²) in [5.41, 5.74) is 4.88. The molecule has 0 saturated heterocycles. The number of hydrogen-bond acceptors (Lipinski definition) is 2. The minimum absolute atomic E-state index is 0.606. The van der Waals surface area contributed by atoms with Crippen LogP contribution >= 0.6 is 23.2 Å². The largest absolute Gasteiger partial charge is 0.300 e. The van der Waals surface area contributed by atoms with Crippen LogP contribution in [0.5, 0.6) is 0 Å². The van der Waals surface area contributed by atoms with Gasteiger partial charge in [-0.2, -0.15) is 5.10 Å². The average molecular weight is 343 g/mol. The lowest BCUT2D eigenvalue weighted by Crippen LogP contribution is -1.89. The van der Waals surface area contributed by atoms with Crippen molar-refractivity contribution < 1.29 is 0 Å². The van der Waals surface area contributed by atoms with E-state index in [1.807, 2.05) is 60.5 Å². The Balaban J connectivity index is 1.84. The van der Waals surface area contributed by atoms with Crippen LogP contribution in [0.25, 0.3) is 28.0 Å². The quantitative estimate of drug-likeness (QED) is 0.528. The molecule has 0 fully saturated rings. The normalized spacial score (nSPS) is 11.3. The van der Waals surface area contributed by atoms with Crippen molar-refractivity contribution in [1.82, 2.24) is 19.2 Å². The fraction of sp³-hybridized carbons (Fsp3) is 0.0588. The summed E-state index contributed by atoms with van der Waals surface area (Å²) >= 11 is 12.2. The highest BCUT2D eigenvalue weighted by Crippen LogP contribution is 2.29. The molecule has 0 bridgehead atoms. The van der Waals surface area contributed by atoms with Gasteiger partial charge in [0.05, 0.1) is 18.1 Å². The minimum atomic E-state index is 0.606. The van der Waals surface area contributed by atoms with Crippen LogP contribution in [0.2, 0.25) is 10.0 Å². The van der Waals surface area contributed by atoms with E-state index in [2.05, 4.69) is 10.1 Å². The molecule has 114 valence electrons. The molecule has 4 nitrogen and oxygen atoms in total. The minimum Gasteiger partial charge on any atom is -0.300 e. The van der Waals surface area contributed by atoms with Crippen molar-refractivity contribution in [3.05, 3.63) is 65.2 Å². The molecule has 0 saturated carbocycles. The monoisotopic (exact) mass is 342 g/mol. The predicted octanol–water partition coefficient (Wildman–Crippen LogP) is 4.71. The van der Waals surface area contributed by atoms with Crippen LogP contribution in [-0.2, 0) is 7.05 Å². The highest BCUT2D eigenvalue weighted by atomic mass is 35.5. The van der Waals surface area contributed by atoms with Gasteiger partial charge in [0.25, 0.3) is 0 Å².